The molecule has 5 nitrogen and oxygen atoms in total. The lowest BCUT2D eigenvalue weighted by atomic mass is 10.1. The molecule has 0 unspecified atom stereocenters. The summed E-state index contributed by atoms with van der Waals surface area (Å²) in [6.45, 7) is 0. The number of aliphatic carboxylic acids is 1. The van der Waals surface area contributed by atoms with E-state index in [4.69, 9.17) is 17.3 Å². The topological polar surface area (TPSA) is 83.6 Å². The number of nitrogens with two attached hydrogens (primary N) is 1. The largest absolute Gasteiger partial charge is 0.480 e. The normalized spacial score (nSPS) is 28.9. The van der Waals surface area contributed by atoms with E-state index in [1.54, 1.807) is 24.3 Å². The number of hydrogen-bond acceptors (Lipinski definition) is 3. The number of hydrogen-bond donors (Lipinski definition) is 2. The van der Waals surface area contributed by atoms with Gasteiger partial charge in [0.2, 0.25) is 5.91 Å². The lowest BCUT2D eigenvalue weighted by molar-refractivity contribution is -0.150. The van der Waals surface area contributed by atoms with E-state index in [1.165, 1.54) is 4.90 Å². The standard InChI is InChI=1S/C14H15ClN2O3/c15-9-3-1-2-7(4-9)12(16)13(18)17-10-5-8(10)6-11(17)14(19)20/h1-4,8,10-12H,5-6,16H2,(H,19,20)/t8-,10-,11-,12+/m0/s1. The molecule has 2 fully saturated rings. The SMILES string of the molecule is N[C@@H](C(=O)N1[C@H](C(=O)O)C[C@@H]2C[C@@H]21)c1cccc(Cl)c1. The Kier molecular flexibility index (Phi) is 3.18. The molecular weight excluding hydrogens is 280 g/mol. The van der Waals surface area contributed by atoms with Crippen molar-refractivity contribution in [1.29, 1.82) is 0 Å². The molecule has 1 aliphatic carbocycles. The molecule has 1 amide bonds. The lowest BCUT2D eigenvalue weighted by Crippen LogP contribution is -2.47. The average Bonchev–Trinajstić information content (AvgIpc) is 3.08. The number of piperidine rings is 1. The first kappa shape index (κ1) is 13.4. The summed E-state index contributed by atoms with van der Waals surface area (Å²) in [7, 11) is 0. The maximum Gasteiger partial charge on any atom is 0.326 e. The van der Waals surface area contributed by atoms with Crippen LogP contribution in [0.1, 0.15) is 24.4 Å². The van der Waals surface area contributed by atoms with Gasteiger partial charge in [-0.1, -0.05) is 23.7 Å². The van der Waals surface area contributed by atoms with Crippen LogP contribution in [0.2, 0.25) is 5.02 Å². The van der Waals surface area contributed by atoms with E-state index in [9.17, 15) is 14.7 Å². The summed E-state index contributed by atoms with van der Waals surface area (Å²) in [5.74, 6) is -0.958. The van der Waals surface area contributed by atoms with Gasteiger partial charge in [0.05, 0.1) is 0 Å². The van der Waals surface area contributed by atoms with Crippen LogP contribution in [0, 0.1) is 5.92 Å². The van der Waals surface area contributed by atoms with Crippen LogP contribution in [-0.4, -0.2) is 34.0 Å². The van der Waals surface area contributed by atoms with E-state index in [1.807, 2.05) is 0 Å². The maximum atomic E-state index is 12.5. The third kappa shape index (κ3) is 2.17. The van der Waals surface area contributed by atoms with Crippen molar-refractivity contribution in [3.8, 4) is 0 Å². The molecular formula is C14H15ClN2O3. The van der Waals surface area contributed by atoms with Crippen molar-refractivity contribution in [2.45, 2.75) is 31.0 Å². The Hall–Kier alpha value is -1.59. The maximum absolute atomic E-state index is 12.5. The fourth-order valence-electron chi connectivity index (χ4n) is 3.00. The number of amides is 1. The number of carbonyl (C=O) groups is 2. The highest BCUT2D eigenvalue weighted by atomic mass is 35.5. The second kappa shape index (κ2) is 4.75. The van der Waals surface area contributed by atoms with Crippen LogP contribution >= 0.6 is 11.6 Å². The average molecular weight is 295 g/mol. The zero-order valence-electron chi connectivity index (χ0n) is 10.7. The van der Waals surface area contributed by atoms with E-state index in [0.717, 1.165) is 6.42 Å². The Morgan fingerprint density at radius 3 is 2.80 bits per heavy atom. The molecule has 0 radical (unpaired) electrons. The van der Waals surface area contributed by atoms with Crippen molar-refractivity contribution in [2.75, 3.05) is 0 Å². The van der Waals surface area contributed by atoms with Crippen molar-refractivity contribution in [2.24, 2.45) is 11.7 Å². The number of benzene rings is 1. The molecule has 4 atom stereocenters. The summed E-state index contributed by atoms with van der Waals surface area (Å²) in [4.78, 5) is 25.2. The molecule has 3 N–H and O–H groups in total. The molecule has 0 aromatic heterocycles. The number of halogens is 1. The van der Waals surface area contributed by atoms with Crippen molar-refractivity contribution in [3.63, 3.8) is 0 Å². The van der Waals surface area contributed by atoms with Crippen molar-refractivity contribution in [3.05, 3.63) is 34.9 Å². The van der Waals surface area contributed by atoms with Gasteiger partial charge in [-0.3, -0.25) is 4.79 Å². The van der Waals surface area contributed by atoms with Crippen LogP contribution in [0.5, 0.6) is 0 Å². The number of carboxylic acids is 1. The van der Waals surface area contributed by atoms with E-state index in [0.29, 0.717) is 22.9 Å². The molecule has 1 aliphatic heterocycles. The summed E-state index contributed by atoms with van der Waals surface area (Å²) >= 11 is 5.89. The molecule has 1 saturated carbocycles. The van der Waals surface area contributed by atoms with Gasteiger partial charge in [-0.15, -0.1) is 0 Å². The molecule has 1 heterocycles. The minimum absolute atomic E-state index is 0.0498. The first-order valence-corrected chi connectivity index (χ1v) is 6.93. The Morgan fingerprint density at radius 1 is 1.40 bits per heavy atom. The summed E-state index contributed by atoms with van der Waals surface area (Å²) in [6.07, 6.45) is 1.42. The zero-order chi connectivity index (χ0) is 14.4. The van der Waals surface area contributed by atoms with Gasteiger partial charge in [-0.05, 0) is 36.5 Å². The van der Waals surface area contributed by atoms with Gasteiger partial charge in [0.1, 0.15) is 12.1 Å². The van der Waals surface area contributed by atoms with E-state index >= 15 is 0 Å². The van der Waals surface area contributed by atoms with Gasteiger partial charge in [-0.25, -0.2) is 4.79 Å². The highest BCUT2D eigenvalue weighted by Gasteiger charge is 2.56. The molecule has 106 valence electrons. The van der Waals surface area contributed by atoms with Gasteiger partial charge >= 0.3 is 5.97 Å². The first-order chi connectivity index (χ1) is 9.49. The molecule has 1 saturated heterocycles. The fourth-order valence-corrected chi connectivity index (χ4v) is 3.20. The molecule has 1 aromatic carbocycles. The number of carboxylic acid groups (broad SMARTS) is 1. The number of carbonyl (C=O) groups excluding carboxylic acids is 1. The van der Waals surface area contributed by atoms with E-state index in [2.05, 4.69) is 0 Å². The van der Waals surface area contributed by atoms with Crippen molar-refractivity contribution < 1.29 is 14.7 Å². The Balaban J connectivity index is 1.83. The molecule has 0 bridgehead atoms. The van der Waals surface area contributed by atoms with Crippen LogP contribution in [0.4, 0.5) is 0 Å². The summed E-state index contributed by atoms with van der Waals surface area (Å²) in [6, 6.07) is 5.24. The van der Waals surface area contributed by atoms with Crippen LogP contribution in [0.15, 0.2) is 24.3 Å². The monoisotopic (exact) mass is 294 g/mol. The van der Waals surface area contributed by atoms with Crippen molar-refractivity contribution >= 4 is 23.5 Å². The highest BCUT2D eigenvalue weighted by Crippen LogP contribution is 2.48. The van der Waals surface area contributed by atoms with Crippen LogP contribution in [0.25, 0.3) is 0 Å². The van der Waals surface area contributed by atoms with E-state index in [-0.39, 0.29) is 11.9 Å². The first-order valence-electron chi connectivity index (χ1n) is 6.55. The quantitative estimate of drug-likeness (QED) is 0.883. The van der Waals surface area contributed by atoms with Crippen molar-refractivity contribution in [1.82, 2.24) is 4.90 Å². The Bertz CT molecular complexity index is 577. The predicted molar refractivity (Wildman–Crippen MR) is 73.2 cm³/mol. The Morgan fingerprint density at radius 2 is 2.15 bits per heavy atom. The minimum atomic E-state index is -0.955. The second-order valence-corrected chi connectivity index (χ2v) is 5.87. The highest BCUT2D eigenvalue weighted by molar-refractivity contribution is 6.30. The van der Waals surface area contributed by atoms with Gasteiger partial charge in [0, 0.05) is 11.1 Å². The number of fused-ring (bicyclic) bond motifs is 1. The van der Waals surface area contributed by atoms with Crippen LogP contribution < -0.4 is 5.73 Å². The summed E-state index contributed by atoms with van der Waals surface area (Å²) in [5.41, 5.74) is 6.59. The van der Waals surface area contributed by atoms with Gasteiger partial charge < -0.3 is 15.7 Å². The van der Waals surface area contributed by atoms with Crippen LogP contribution in [0.3, 0.4) is 0 Å². The number of rotatable bonds is 3. The second-order valence-electron chi connectivity index (χ2n) is 5.43. The summed E-state index contributed by atoms with van der Waals surface area (Å²) in [5, 5.41) is 9.72. The smallest absolute Gasteiger partial charge is 0.326 e. The van der Waals surface area contributed by atoms with Gasteiger partial charge in [0.25, 0.3) is 0 Å². The molecule has 6 heteroatoms. The van der Waals surface area contributed by atoms with E-state index < -0.39 is 18.1 Å². The van der Waals surface area contributed by atoms with Gasteiger partial charge in [0.15, 0.2) is 0 Å². The molecule has 3 rings (SSSR count). The number of nitrogens with zero attached hydrogens (tertiary/aromatic N) is 1. The molecule has 1 aromatic rings. The molecule has 0 spiro atoms. The summed E-state index contributed by atoms with van der Waals surface area (Å²) < 4.78 is 0. The minimum Gasteiger partial charge on any atom is -0.480 e. The van der Waals surface area contributed by atoms with Gasteiger partial charge in [-0.2, -0.15) is 0 Å². The van der Waals surface area contributed by atoms with Crippen LogP contribution in [-0.2, 0) is 9.59 Å². The lowest BCUT2D eigenvalue weighted by Gasteiger charge is -2.27. The third-order valence-corrected chi connectivity index (χ3v) is 4.35. The number of likely N-dealkylation sites (tertiary alicyclic amines) is 1. The fraction of sp³-hybridized carbons (Fsp3) is 0.429. The molecule has 2 aliphatic rings. The predicted octanol–water partition coefficient (Wildman–Crippen LogP) is 1.41. The zero-order valence-corrected chi connectivity index (χ0v) is 11.5. The third-order valence-electron chi connectivity index (χ3n) is 4.12. The Labute approximate surface area is 121 Å². The molecule has 20 heavy (non-hydrogen) atoms.